The molecule has 0 unspecified atom stereocenters. The molecular weight excluding hydrogens is 198 g/mol. The second-order valence-electron chi connectivity index (χ2n) is 3.90. The van der Waals surface area contributed by atoms with Gasteiger partial charge >= 0.3 is 0 Å². The molecule has 14 heavy (non-hydrogen) atoms. The minimum atomic E-state index is -0.0831. The van der Waals surface area contributed by atoms with Crippen molar-refractivity contribution in [1.82, 2.24) is 0 Å². The molecule has 1 saturated carbocycles. The summed E-state index contributed by atoms with van der Waals surface area (Å²) in [6.45, 7) is 2.56. The Morgan fingerprint density at radius 3 is 2.71 bits per heavy atom. The molecular formula is C11H14ClNO. The summed E-state index contributed by atoms with van der Waals surface area (Å²) in [5.74, 6) is 0.870. The Morgan fingerprint density at radius 2 is 2.21 bits per heavy atom. The van der Waals surface area contributed by atoms with Crippen molar-refractivity contribution < 1.29 is 4.74 Å². The lowest BCUT2D eigenvalue weighted by atomic mass is 10.2. The van der Waals surface area contributed by atoms with Crippen LogP contribution in [0.1, 0.15) is 18.4 Å². The van der Waals surface area contributed by atoms with E-state index in [1.165, 1.54) is 0 Å². The highest BCUT2D eigenvalue weighted by Gasteiger charge is 2.44. The molecule has 1 aromatic rings. The van der Waals surface area contributed by atoms with Crippen molar-refractivity contribution in [3.8, 4) is 5.75 Å². The lowest BCUT2D eigenvalue weighted by molar-refractivity contribution is 0.187. The Balaban J connectivity index is 2.14. The van der Waals surface area contributed by atoms with Gasteiger partial charge < -0.3 is 10.5 Å². The van der Waals surface area contributed by atoms with Gasteiger partial charge in [0.1, 0.15) is 11.4 Å². The first-order valence-corrected chi connectivity index (χ1v) is 5.18. The fraction of sp³-hybridized carbons (Fsp3) is 0.455. The largest absolute Gasteiger partial charge is 0.486 e. The van der Waals surface area contributed by atoms with Crippen LogP contribution in [0.2, 0.25) is 5.02 Å². The van der Waals surface area contributed by atoms with Gasteiger partial charge in [0.25, 0.3) is 0 Å². The van der Waals surface area contributed by atoms with Gasteiger partial charge in [0.05, 0.1) is 0 Å². The van der Waals surface area contributed by atoms with Crippen molar-refractivity contribution in [2.24, 2.45) is 5.73 Å². The molecule has 1 aliphatic rings. The van der Waals surface area contributed by atoms with Gasteiger partial charge in [0.15, 0.2) is 0 Å². The molecule has 0 radical (unpaired) electrons. The maximum atomic E-state index is 5.92. The number of hydrogen-bond donors (Lipinski definition) is 1. The Labute approximate surface area is 89.0 Å². The van der Waals surface area contributed by atoms with Crippen molar-refractivity contribution in [2.75, 3.05) is 6.54 Å². The monoisotopic (exact) mass is 211 g/mol. The van der Waals surface area contributed by atoms with E-state index in [0.29, 0.717) is 6.54 Å². The van der Waals surface area contributed by atoms with E-state index in [-0.39, 0.29) is 5.60 Å². The van der Waals surface area contributed by atoms with Crippen LogP contribution in [0.5, 0.6) is 5.75 Å². The number of rotatable bonds is 3. The molecule has 0 aromatic heterocycles. The van der Waals surface area contributed by atoms with Crippen molar-refractivity contribution in [1.29, 1.82) is 0 Å². The summed E-state index contributed by atoms with van der Waals surface area (Å²) in [5.41, 5.74) is 6.59. The third kappa shape index (κ3) is 1.86. The summed E-state index contributed by atoms with van der Waals surface area (Å²) in [7, 11) is 0. The molecule has 2 nitrogen and oxygen atoms in total. The topological polar surface area (TPSA) is 35.2 Å². The van der Waals surface area contributed by atoms with E-state index in [0.717, 1.165) is 29.2 Å². The van der Waals surface area contributed by atoms with Gasteiger partial charge in [-0.2, -0.15) is 0 Å². The smallest absolute Gasteiger partial charge is 0.121 e. The van der Waals surface area contributed by atoms with Crippen LogP contribution < -0.4 is 10.5 Å². The number of benzene rings is 1. The molecule has 2 rings (SSSR count). The fourth-order valence-corrected chi connectivity index (χ4v) is 1.54. The quantitative estimate of drug-likeness (QED) is 0.834. The Kier molecular flexibility index (Phi) is 2.41. The minimum Gasteiger partial charge on any atom is -0.486 e. The molecule has 0 heterocycles. The van der Waals surface area contributed by atoms with Crippen LogP contribution in [0.15, 0.2) is 18.2 Å². The van der Waals surface area contributed by atoms with E-state index in [1.807, 2.05) is 25.1 Å². The van der Waals surface area contributed by atoms with Gasteiger partial charge in [-0.25, -0.2) is 0 Å². The number of hydrogen-bond acceptors (Lipinski definition) is 2. The third-order valence-corrected chi connectivity index (χ3v) is 3.07. The lowest BCUT2D eigenvalue weighted by Gasteiger charge is -2.16. The average molecular weight is 212 g/mol. The van der Waals surface area contributed by atoms with E-state index >= 15 is 0 Å². The minimum absolute atomic E-state index is 0.0831. The molecule has 3 heteroatoms. The fourth-order valence-electron chi connectivity index (χ4n) is 1.42. The van der Waals surface area contributed by atoms with E-state index in [2.05, 4.69) is 0 Å². The molecule has 0 bridgehead atoms. The summed E-state index contributed by atoms with van der Waals surface area (Å²) in [6, 6.07) is 5.71. The number of halogens is 1. The van der Waals surface area contributed by atoms with Crippen molar-refractivity contribution >= 4 is 11.6 Å². The van der Waals surface area contributed by atoms with Gasteiger partial charge in [0.2, 0.25) is 0 Å². The number of ether oxygens (including phenoxy) is 1. The second kappa shape index (κ2) is 3.44. The Hall–Kier alpha value is -0.730. The summed E-state index contributed by atoms with van der Waals surface area (Å²) in [6.07, 6.45) is 2.12. The van der Waals surface area contributed by atoms with E-state index in [1.54, 1.807) is 0 Å². The van der Waals surface area contributed by atoms with E-state index < -0.39 is 0 Å². The summed E-state index contributed by atoms with van der Waals surface area (Å²) in [4.78, 5) is 0. The van der Waals surface area contributed by atoms with Crippen LogP contribution in [-0.2, 0) is 0 Å². The maximum absolute atomic E-state index is 5.92. The van der Waals surface area contributed by atoms with Crippen LogP contribution in [0.4, 0.5) is 0 Å². The SMILES string of the molecule is Cc1cc(OC2(CN)CC2)ccc1Cl. The average Bonchev–Trinajstić information content (AvgIpc) is 2.93. The van der Waals surface area contributed by atoms with Crippen LogP contribution >= 0.6 is 11.6 Å². The zero-order valence-electron chi connectivity index (χ0n) is 8.22. The lowest BCUT2D eigenvalue weighted by Crippen LogP contribution is -2.28. The third-order valence-electron chi connectivity index (χ3n) is 2.64. The summed E-state index contributed by atoms with van der Waals surface area (Å²) in [5, 5.41) is 0.773. The van der Waals surface area contributed by atoms with Crippen LogP contribution in [0.3, 0.4) is 0 Å². The van der Waals surface area contributed by atoms with Crippen molar-refractivity contribution in [3.63, 3.8) is 0 Å². The maximum Gasteiger partial charge on any atom is 0.121 e. The van der Waals surface area contributed by atoms with Crippen LogP contribution in [-0.4, -0.2) is 12.1 Å². The van der Waals surface area contributed by atoms with Crippen LogP contribution in [0.25, 0.3) is 0 Å². The highest BCUT2D eigenvalue weighted by atomic mass is 35.5. The molecule has 1 aromatic carbocycles. The Morgan fingerprint density at radius 1 is 1.50 bits per heavy atom. The molecule has 0 atom stereocenters. The highest BCUT2D eigenvalue weighted by Crippen LogP contribution is 2.39. The van der Waals surface area contributed by atoms with Gasteiger partial charge in [-0.3, -0.25) is 0 Å². The van der Waals surface area contributed by atoms with Gasteiger partial charge in [-0.05, 0) is 43.5 Å². The molecule has 1 fully saturated rings. The number of aryl methyl sites for hydroxylation is 1. The second-order valence-corrected chi connectivity index (χ2v) is 4.31. The molecule has 0 amide bonds. The van der Waals surface area contributed by atoms with Crippen LogP contribution in [0, 0.1) is 6.92 Å². The normalized spacial score (nSPS) is 17.9. The van der Waals surface area contributed by atoms with E-state index in [9.17, 15) is 0 Å². The zero-order valence-corrected chi connectivity index (χ0v) is 8.97. The summed E-state index contributed by atoms with van der Waals surface area (Å²) >= 11 is 5.92. The highest BCUT2D eigenvalue weighted by molar-refractivity contribution is 6.31. The first-order chi connectivity index (χ1) is 6.65. The van der Waals surface area contributed by atoms with Crippen molar-refractivity contribution in [2.45, 2.75) is 25.4 Å². The standard InChI is InChI=1S/C11H14ClNO/c1-8-6-9(2-3-10(8)12)14-11(7-13)4-5-11/h2-3,6H,4-5,7,13H2,1H3. The van der Waals surface area contributed by atoms with Gasteiger partial charge in [-0.15, -0.1) is 0 Å². The zero-order chi connectivity index (χ0) is 10.2. The predicted octanol–water partition coefficient (Wildman–Crippen LogP) is 2.52. The molecule has 0 spiro atoms. The summed E-state index contributed by atoms with van der Waals surface area (Å²) < 4.78 is 5.81. The molecule has 0 aliphatic heterocycles. The first-order valence-electron chi connectivity index (χ1n) is 4.80. The molecule has 2 N–H and O–H groups in total. The van der Waals surface area contributed by atoms with Gasteiger partial charge in [0, 0.05) is 11.6 Å². The molecule has 0 saturated heterocycles. The Bertz CT molecular complexity index is 347. The molecule has 1 aliphatic carbocycles. The van der Waals surface area contributed by atoms with Gasteiger partial charge in [-0.1, -0.05) is 11.6 Å². The predicted molar refractivity (Wildman–Crippen MR) is 57.8 cm³/mol. The number of nitrogens with two attached hydrogens (primary N) is 1. The molecule has 76 valence electrons. The van der Waals surface area contributed by atoms with Crippen molar-refractivity contribution in [3.05, 3.63) is 28.8 Å². The van der Waals surface area contributed by atoms with E-state index in [4.69, 9.17) is 22.1 Å². The first kappa shape index (κ1) is 9.81.